The molecule has 0 aromatic rings. The first-order chi connectivity index (χ1) is 9.25. The molecule has 0 aliphatic heterocycles. The summed E-state index contributed by atoms with van der Waals surface area (Å²) in [6.45, 7) is 12.2. The summed E-state index contributed by atoms with van der Waals surface area (Å²) in [5.41, 5.74) is 2.13. The van der Waals surface area contributed by atoms with E-state index in [4.69, 9.17) is 11.2 Å². The molecular formula is C18H26O2. The number of hydrogen-bond donors (Lipinski definition) is 0. The summed E-state index contributed by atoms with van der Waals surface area (Å²) in [5.74, 6) is 2.56. The lowest BCUT2D eigenvalue weighted by molar-refractivity contribution is -0.147. The standard InChI is InChI=1S/C18H26O2/c1-8-10-13(5)15(9-2)20-17(19)16-14(11-12(3)4)18(16,6)7/h2,10-11,14-16H,8H2,1,3-7H3/b13-10+/t14-,15-,16-/m0/s1. The van der Waals surface area contributed by atoms with Gasteiger partial charge < -0.3 is 4.74 Å². The third-order valence-electron chi connectivity index (χ3n) is 4.00. The fourth-order valence-electron chi connectivity index (χ4n) is 2.67. The third-order valence-corrected chi connectivity index (χ3v) is 4.00. The van der Waals surface area contributed by atoms with Crippen LogP contribution in [0.25, 0.3) is 0 Å². The maximum absolute atomic E-state index is 12.3. The number of hydrogen-bond acceptors (Lipinski definition) is 2. The van der Waals surface area contributed by atoms with E-state index in [2.05, 4.69) is 39.7 Å². The first kappa shape index (κ1) is 16.6. The predicted octanol–water partition coefficient (Wildman–Crippen LogP) is 4.13. The Kier molecular flexibility index (Phi) is 5.22. The number of allylic oxidation sites excluding steroid dienone is 3. The molecule has 0 amide bonds. The van der Waals surface area contributed by atoms with Crippen LogP contribution in [-0.2, 0) is 9.53 Å². The van der Waals surface area contributed by atoms with Gasteiger partial charge in [-0.3, -0.25) is 4.79 Å². The monoisotopic (exact) mass is 274 g/mol. The van der Waals surface area contributed by atoms with Crippen molar-refractivity contribution in [3.05, 3.63) is 23.3 Å². The van der Waals surface area contributed by atoms with Crippen LogP contribution < -0.4 is 0 Å². The summed E-state index contributed by atoms with van der Waals surface area (Å²) in [4.78, 5) is 12.3. The second-order valence-electron chi connectivity index (χ2n) is 6.41. The Balaban J connectivity index is 2.76. The van der Waals surface area contributed by atoms with E-state index in [-0.39, 0.29) is 23.2 Å². The Bertz CT molecular complexity index is 470. The van der Waals surface area contributed by atoms with Crippen molar-refractivity contribution in [2.24, 2.45) is 17.3 Å². The number of carbonyl (C=O) groups excluding carboxylic acids is 1. The minimum atomic E-state index is -0.536. The van der Waals surface area contributed by atoms with Crippen LogP contribution in [0.3, 0.4) is 0 Å². The van der Waals surface area contributed by atoms with Crippen molar-refractivity contribution in [3.63, 3.8) is 0 Å². The summed E-state index contributed by atoms with van der Waals surface area (Å²) in [5, 5.41) is 0. The SMILES string of the molecule is C#C[C@H](OC(=O)[C@@H]1[C@H](C=C(C)C)C1(C)C)/C(C)=C/CC. The van der Waals surface area contributed by atoms with E-state index in [1.54, 1.807) is 0 Å². The summed E-state index contributed by atoms with van der Waals surface area (Å²) < 4.78 is 5.51. The molecule has 0 unspecified atom stereocenters. The molecule has 110 valence electrons. The largest absolute Gasteiger partial charge is 0.444 e. The Morgan fingerprint density at radius 3 is 2.45 bits per heavy atom. The third kappa shape index (κ3) is 3.54. The number of ether oxygens (including phenoxy) is 1. The molecule has 1 saturated carbocycles. The van der Waals surface area contributed by atoms with Gasteiger partial charge in [0.25, 0.3) is 0 Å². The molecule has 1 aliphatic rings. The summed E-state index contributed by atoms with van der Waals surface area (Å²) >= 11 is 0. The molecule has 0 aromatic heterocycles. The van der Waals surface area contributed by atoms with Crippen LogP contribution in [0.15, 0.2) is 23.3 Å². The van der Waals surface area contributed by atoms with Crippen molar-refractivity contribution in [3.8, 4) is 12.3 Å². The molecule has 2 heteroatoms. The molecule has 1 fully saturated rings. The lowest BCUT2D eigenvalue weighted by Crippen LogP contribution is -2.20. The smallest absolute Gasteiger partial charge is 0.311 e. The average molecular weight is 274 g/mol. The van der Waals surface area contributed by atoms with Crippen molar-refractivity contribution < 1.29 is 9.53 Å². The lowest BCUT2D eigenvalue weighted by Gasteiger charge is -2.13. The minimum absolute atomic E-state index is 0.0319. The molecule has 0 radical (unpaired) electrons. The van der Waals surface area contributed by atoms with E-state index in [0.29, 0.717) is 0 Å². The number of esters is 1. The van der Waals surface area contributed by atoms with Crippen LogP contribution >= 0.6 is 0 Å². The molecule has 0 saturated heterocycles. The van der Waals surface area contributed by atoms with Crippen LogP contribution in [0.4, 0.5) is 0 Å². The lowest BCUT2D eigenvalue weighted by atomic mass is 10.1. The highest BCUT2D eigenvalue weighted by atomic mass is 16.5. The van der Waals surface area contributed by atoms with Crippen LogP contribution in [0, 0.1) is 29.6 Å². The summed E-state index contributed by atoms with van der Waals surface area (Å²) in [6, 6.07) is 0. The van der Waals surface area contributed by atoms with Crippen LogP contribution in [0.5, 0.6) is 0 Å². The fourth-order valence-corrected chi connectivity index (χ4v) is 2.67. The second kappa shape index (κ2) is 6.31. The van der Waals surface area contributed by atoms with Gasteiger partial charge in [0, 0.05) is 0 Å². The van der Waals surface area contributed by atoms with Gasteiger partial charge in [-0.05, 0) is 44.1 Å². The van der Waals surface area contributed by atoms with Crippen LogP contribution in [0.2, 0.25) is 0 Å². The van der Waals surface area contributed by atoms with Gasteiger partial charge in [-0.1, -0.05) is 44.4 Å². The van der Waals surface area contributed by atoms with Gasteiger partial charge >= 0.3 is 5.97 Å². The highest BCUT2D eigenvalue weighted by Gasteiger charge is 2.61. The number of terminal acetylenes is 1. The zero-order chi connectivity index (χ0) is 15.5. The first-order valence-corrected chi connectivity index (χ1v) is 7.24. The Morgan fingerprint density at radius 1 is 1.40 bits per heavy atom. The summed E-state index contributed by atoms with van der Waals surface area (Å²) in [6.07, 6.45) is 9.99. The van der Waals surface area contributed by atoms with Gasteiger partial charge in [-0.2, -0.15) is 0 Å². The molecule has 0 spiro atoms. The van der Waals surface area contributed by atoms with Gasteiger partial charge in [0.05, 0.1) is 5.92 Å². The van der Waals surface area contributed by atoms with Crippen molar-refractivity contribution >= 4 is 5.97 Å². The molecule has 2 nitrogen and oxygen atoms in total. The van der Waals surface area contributed by atoms with Crippen molar-refractivity contribution in [1.82, 2.24) is 0 Å². The van der Waals surface area contributed by atoms with Crippen LogP contribution in [-0.4, -0.2) is 12.1 Å². The van der Waals surface area contributed by atoms with E-state index < -0.39 is 6.10 Å². The highest BCUT2D eigenvalue weighted by molar-refractivity contribution is 5.79. The highest BCUT2D eigenvalue weighted by Crippen LogP contribution is 2.59. The zero-order valence-corrected chi connectivity index (χ0v) is 13.5. The van der Waals surface area contributed by atoms with E-state index in [0.717, 1.165) is 12.0 Å². The number of rotatable bonds is 5. The van der Waals surface area contributed by atoms with E-state index in [1.807, 2.05) is 19.9 Å². The van der Waals surface area contributed by atoms with Crippen molar-refractivity contribution in [2.75, 3.05) is 0 Å². The van der Waals surface area contributed by atoms with Gasteiger partial charge in [0.15, 0.2) is 6.10 Å². The first-order valence-electron chi connectivity index (χ1n) is 7.24. The Labute approximate surface area is 123 Å². The molecule has 20 heavy (non-hydrogen) atoms. The fraction of sp³-hybridized carbons (Fsp3) is 0.611. The quantitative estimate of drug-likeness (QED) is 0.428. The van der Waals surface area contributed by atoms with E-state index >= 15 is 0 Å². The zero-order valence-electron chi connectivity index (χ0n) is 13.5. The van der Waals surface area contributed by atoms with Gasteiger partial charge in [0.1, 0.15) is 0 Å². The second-order valence-corrected chi connectivity index (χ2v) is 6.41. The normalized spacial score (nSPS) is 25.4. The molecule has 0 bridgehead atoms. The Hall–Kier alpha value is -1.49. The molecule has 0 aromatic carbocycles. The van der Waals surface area contributed by atoms with Crippen molar-refractivity contribution in [1.29, 1.82) is 0 Å². The van der Waals surface area contributed by atoms with Gasteiger partial charge in [-0.15, -0.1) is 6.42 Å². The molecule has 0 heterocycles. The van der Waals surface area contributed by atoms with Gasteiger partial charge in [0.2, 0.25) is 0 Å². The molecular weight excluding hydrogens is 248 g/mol. The maximum Gasteiger partial charge on any atom is 0.311 e. The molecule has 3 atom stereocenters. The number of carbonyl (C=O) groups is 1. The molecule has 1 aliphatic carbocycles. The maximum atomic E-state index is 12.3. The van der Waals surface area contributed by atoms with Gasteiger partial charge in [-0.25, -0.2) is 0 Å². The topological polar surface area (TPSA) is 26.3 Å². The summed E-state index contributed by atoms with van der Waals surface area (Å²) in [7, 11) is 0. The molecule has 1 rings (SSSR count). The minimum Gasteiger partial charge on any atom is -0.444 e. The average Bonchev–Trinajstić information content (AvgIpc) is 2.86. The van der Waals surface area contributed by atoms with E-state index in [9.17, 15) is 4.79 Å². The van der Waals surface area contributed by atoms with E-state index in [1.165, 1.54) is 5.57 Å². The Morgan fingerprint density at radius 2 is 2.00 bits per heavy atom. The van der Waals surface area contributed by atoms with Crippen LogP contribution in [0.1, 0.15) is 48.0 Å². The predicted molar refractivity (Wildman–Crippen MR) is 83.0 cm³/mol. The molecule has 0 N–H and O–H groups in total. The van der Waals surface area contributed by atoms with Crippen molar-refractivity contribution in [2.45, 2.75) is 54.1 Å².